The topological polar surface area (TPSA) is 26.0 Å². The average Bonchev–Trinajstić information content (AvgIpc) is 2.39. The van der Waals surface area contributed by atoms with Crippen LogP contribution in [0, 0.1) is 0 Å². The molecule has 106 valence electrons. The molecule has 1 nitrogen and oxygen atoms in total. The molecule has 0 aliphatic rings. The van der Waals surface area contributed by atoms with E-state index in [-0.39, 0.29) is 6.04 Å². The van der Waals surface area contributed by atoms with Crippen LogP contribution >= 0.6 is 27.7 Å². The van der Waals surface area contributed by atoms with Crippen LogP contribution in [0.15, 0.2) is 56.7 Å². The van der Waals surface area contributed by atoms with Gasteiger partial charge in [-0.05, 0) is 48.2 Å². The van der Waals surface area contributed by atoms with Crippen LogP contribution in [0.4, 0.5) is 0 Å². The van der Waals surface area contributed by atoms with E-state index in [0.29, 0.717) is 5.92 Å². The second-order valence-electron chi connectivity index (χ2n) is 5.30. The highest BCUT2D eigenvalue weighted by Gasteiger charge is 2.07. The molecule has 2 aromatic rings. The Labute approximate surface area is 134 Å². The molecule has 0 heterocycles. The fourth-order valence-electron chi connectivity index (χ4n) is 2.00. The Morgan fingerprint density at radius 1 is 0.950 bits per heavy atom. The van der Waals surface area contributed by atoms with Gasteiger partial charge in [0, 0.05) is 20.3 Å². The van der Waals surface area contributed by atoms with Crippen molar-refractivity contribution >= 4 is 27.7 Å². The highest BCUT2D eigenvalue weighted by Crippen LogP contribution is 2.33. The first-order valence-corrected chi connectivity index (χ1v) is 8.41. The standard InChI is InChI=1S/C17H20BrNS/c1-11(2)13-4-6-14(7-5-13)20-15-8-9-16(12(3)19)17(18)10-15/h4-12H,19H2,1-3H3. The summed E-state index contributed by atoms with van der Waals surface area (Å²) in [6.45, 7) is 6.43. The van der Waals surface area contributed by atoms with E-state index in [4.69, 9.17) is 5.73 Å². The molecular formula is C17H20BrNS. The Morgan fingerprint density at radius 2 is 1.55 bits per heavy atom. The molecule has 2 rings (SSSR count). The van der Waals surface area contributed by atoms with Crippen molar-refractivity contribution in [1.29, 1.82) is 0 Å². The van der Waals surface area contributed by atoms with Gasteiger partial charge in [0.1, 0.15) is 0 Å². The molecule has 2 aromatic carbocycles. The molecule has 0 amide bonds. The van der Waals surface area contributed by atoms with Gasteiger partial charge in [0.15, 0.2) is 0 Å². The third-order valence-corrected chi connectivity index (χ3v) is 4.93. The van der Waals surface area contributed by atoms with Crippen LogP contribution in [0.3, 0.4) is 0 Å². The van der Waals surface area contributed by atoms with Gasteiger partial charge in [-0.15, -0.1) is 0 Å². The Hall–Kier alpha value is -0.770. The minimum Gasteiger partial charge on any atom is -0.324 e. The van der Waals surface area contributed by atoms with Crippen LogP contribution in [0.5, 0.6) is 0 Å². The highest BCUT2D eigenvalue weighted by molar-refractivity contribution is 9.10. The van der Waals surface area contributed by atoms with Crippen molar-refractivity contribution in [2.45, 2.75) is 42.5 Å². The summed E-state index contributed by atoms with van der Waals surface area (Å²) in [5.41, 5.74) is 8.45. The summed E-state index contributed by atoms with van der Waals surface area (Å²) < 4.78 is 1.08. The van der Waals surface area contributed by atoms with Crippen molar-refractivity contribution in [3.8, 4) is 0 Å². The molecule has 0 radical (unpaired) electrons. The molecule has 20 heavy (non-hydrogen) atoms. The number of hydrogen-bond donors (Lipinski definition) is 1. The first-order chi connectivity index (χ1) is 9.47. The van der Waals surface area contributed by atoms with E-state index in [1.54, 1.807) is 11.8 Å². The fourth-order valence-corrected chi connectivity index (χ4v) is 3.75. The lowest BCUT2D eigenvalue weighted by Gasteiger charge is -2.11. The third kappa shape index (κ3) is 3.87. The number of nitrogens with two attached hydrogens (primary N) is 1. The molecule has 0 aliphatic carbocycles. The maximum atomic E-state index is 5.93. The van der Waals surface area contributed by atoms with Gasteiger partial charge >= 0.3 is 0 Å². The minimum absolute atomic E-state index is 0.0498. The van der Waals surface area contributed by atoms with E-state index in [1.807, 2.05) is 6.92 Å². The van der Waals surface area contributed by atoms with Gasteiger partial charge in [0.05, 0.1) is 0 Å². The van der Waals surface area contributed by atoms with Crippen molar-refractivity contribution in [2.24, 2.45) is 5.73 Å². The Kier molecular flexibility index (Phi) is 5.30. The lowest BCUT2D eigenvalue weighted by atomic mass is 10.0. The van der Waals surface area contributed by atoms with Crippen LogP contribution in [0.25, 0.3) is 0 Å². The van der Waals surface area contributed by atoms with Gasteiger partial charge in [-0.25, -0.2) is 0 Å². The van der Waals surface area contributed by atoms with Gasteiger partial charge in [0.2, 0.25) is 0 Å². The summed E-state index contributed by atoms with van der Waals surface area (Å²) in [4.78, 5) is 2.48. The molecule has 0 aliphatic heterocycles. The zero-order chi connectivity index (χ0) is 14.7. The summed E-state index contributed by atoms with van der Waals surface area (Å²) in [6, 6.07) is 15.2. The summed E-state index contributed by atoms with van der Waals surface area (Å²) in [6.07, 6.45) is 0. The maximum Gasteiger partial charge on any atom is 0.0277 e. The molecule has 0 fully saturated rings. The monoisotopic (exact) mass is 349 g/mol. The summed E-state index contributed by atoms with van der Waals surface area (Å²) in [7, 11) is 0. The quantitative estimate of drug-likeness (QED) is 0.760. The SMILES string of the molecule is CC(C)c1ccc(Sc2ccc(C(C)N)c(Br)c2)cc1. The summed E-state index contributed by atoms with van der Waals surface area (Å²) in [5.74, 6) is 0.577. The Balaban J connectivity index is 2.15. The number of halogens is 1. The first-order valence-electron chi connectivity index (χ1n) is 6.80. The number of rotatable bonds is 4. The van der Waals surface area contributed by atoms with E-state index in [2.05, 4.69) is 72.2 Å². The minimum atomic E-state index is 0.0498. The lowest BCUT2D eigenvalue weighted by Crippen LogP contribution is -2.05. The van der Waals surface area contributed by atoms with Crippen molar-refractivity contribution in [3.05, 3.63) is 58.1 Å². The average molecular weight is 350 g/mol. The van der Waals surface area contributed by atoms with Gasteiger partial charge in [0.25, 0.3) is 0 Å². The normalized spacial score (nSPS) is 12.7. The van der Waals surface area contributed by atoms with Crippen LogP contribution in [0.2, 0.25) is 0 Å². The molecule has 0 saturated carbocycles. The highest BCUT2D eigenvalue weighted by atomic mass is 79.9. The van der Waals surface area contributed by atoms with E-state index in [1.165, 1.54) is 15.4 Å². The van der Waals surface area contributed by atoms with Crippen molar-refractivity contribution in [2.75, 3.05) is 0 Å². The van der Waals surface area contributed by atoms with Crippen molar-refractivity contribution in [1.82, 2.24) is 0 Å². The second kappa shape index (κ2) is 6.79. The lowest BCUT2D eigenvalue weighted by molar-refractivity contribution is 0.811. The zero-order valence-electron chi connectivity index (χ0n) is 12.1. The molecule has 0 saturated heterocycles. The van der Waals surface area contributed by atoms with Gasteiger partial charge < -0.3 is 5.73 Å². The third-order valence-electron chi connectivity index (χ3n) is 3.24. The Morgan fingerprint density at radius 3 is 2.05 bits per heavy atom. The summed E-state index contributed by atoms with van der Waals surface area (Å²) in [5, 5.41) is 0. The maximum absolute atomic E-state index is 5.93. The van der Waals surface area contributed by atoms with E-state index < -0.39 is 0 Å². The largest absolute Gasteiger partial charge is 0.324 e. The molecule has 1 atom stereocenters. The van der Waals surface area contributed by atoms with Crippen LogP contribution in [-0.4, -0.2) is 0 Å². The van der Waals surface area contributed by atoms with Gasteiger partial charge in [-0.2, -0.15) is 0 Å². The molecule has 1 unspecified atom stereocenters. The number of hydrogen-bond acceptors (Lipinski definition) is 2. The fraction of sp³-hybridized carbons (Fsp3) is 0.294. The van der Waals surface area contributed by atoms with E-state index in [0.717, 1.165) is 10.0 Å². The molecular weight excluding hydrogens is 330 g/mol. The predicted octanol–water partition coefficient (Wildman–Crippen LogP) is 5.74. The summed E-state index contributed by atoms with van der Waals surface area (Å²) >= 11 is 5.37. The molecule has 3 heteroatoms. The van der Waals surface area contributed by atoms with Gasteiger partial charge in [-0.1, -0.05) is 59.7 Å². The van der Waals surface area contributed by atoms with Crippen LogP contribution in [0.1, 0.15) is 43.9 Å². The van der Waals surface area contributed by atoms with Crippen molar-refractivity contribution < 1.29 is 0 Å². The second-order valence-corrected chi connectivity index (χ2v) is 7.30. The van der Waals surface area contributed by atoms with Gasteiger partial charge in [-0.3, -0.25) is 0 Å². The first kappa shape index (κ1) is 15.6. The predicted molar refractivity (Wildman–Crippen MR) is 91.4 cm³/mol. The molecule has 0 aromatic heterocycles. The zero-order valence-corrected chi connectivity index (χ0v) is 14.5. The van der Waals surface area contributed by atoms with E-state index >= 15 is 0 Å². The van der Waals surface area contributed by atoms with E-state index in [9.17, 15) is 0 Å². The molecule has 0 spiro atoms. The smallest absolute Gasteiger partial charge is 0.0277 e. The van der Waals surface area contributed by atoms with Crippen LogP contribution in [-0.2, 0) is 0 Å². The molecule has 0 bridgehead atoms. The Bertz CT molecular complexity index is 576. The van der Waals surface area contributed by atoms with Crippen molar-refractivity contribution in [3.63, 3.8) is 0 Å². The number of benzene rings is 2. The molecule has 2 N–H and O–H groups in total. The van der Waals surface area contributed by atoms with Crippen LogP contribution < -0.4 is 5.73 Å².